The highest BCUT2D eigenvalue weighted by molar-refractivity contribution is 6.01. The number of rotatable bonds is 5. The van der Waals surface area contributed by atoms with E-state index in [-0.39, 0.29) is 24.1 Å². The Balaban J connectivity index is 1.26. The van der Waals surface area contributed by atoms with Crippen LogP contribution in [-0.4, -0.2) is 50.7 Å². The van der Waals surface area contributed by atoms with Crippen molar-refractivity contribution in [3.8, 4) is 17.2 Å². The summed E-state index contributed by atoms with van der Waals surface area (Å²) < 4.78 is 19.3. The minimum absolute atomic E-state index is 0.156. The molecule has 2 aromatic carbocycles. The van der Waals surface area contributed by atoms with Crippen LogP contribution in [0.1, 0.15) is 59.7 Å². The molecule has 180 valence electrons. The number of Topliss-reactive ketones (excluding diaryl/α,β-unsaturated/α-hetero) is 1. The van der Waals surface area contributed by atoms with Gasteiger partial charge in [-0.2, -0.15) is 0 Å². The van der Waals surface area contributed by atoms with E-state index in [2.05, 4.69) is 22.0 Å². The van der Waals surface area contributed by atoms with Crippen LogP contribution >= 0.6 is 0 Å². The summed E-state index contributed by atoms with van der Waals surface area (Å²) in [4.78, 5) is 12.4. The van der Waals surface area contributed by atoms with E-state index in [0.717, 1.165) is 97.9 Å². The first-order valence-corrected chi connectivity index (χ1v) is 12.7. The van der Waals surface area contributed by atoms with E-state index >= 15 is 0 Å². The van der Waals surface area contributed by atoms with Crippen LogP contribution in [0.3, 0.4) is 0 Å². The maximum Gasteiger partial charge on any atom is 0.163 e. The van der Waals surface area contributed by atoms with Gasteiger partial charge in [-0.1, -0.05) is 0 Å². The highest BCUT2D eigenvalue weighted by Crippen LogP contribution is 2.41. The van der Waals surface area contributed by atoms with Gasteiger partial charge in [0.1, 0.15) is 35.6 Å². The molecule has 34 heavy (non-hydrogen) atoms. The Morgan fingerprint density at radius 1 is 0.853 bits per heavy atom. The van der Waals surface area contributed by atoms with E-state index < -0.39 is 0 Å². The molecule has 1 atom stereocenters. The predicted octanol–water partition coefficient (Wildman–Crippen LogP) is 3.62. The number of ether oxygens (including phenoxy) is 3. The lowest BCUT2D eigenvalue weighted by molar-refractivity contribution is 0.0993. The zero-order chi connectivity index (χ0) is 22.9. The standard InChI is InChI=1S/C27H33N3O4/c31-24-4-1-17-13-22(25(15-21(17)24)33-19-7-11-29-12-8-19)27-16-30-23-3-2-20(14-26(23)34-27)32-18-5-9-28-10-6-18/h2-3,13-15,18-19,27-30H,1,4-12,16H2. The van der Waals surface area contributed by atoms with Crippen LogP contribution in [-0.2, 0) is 6.42 Å². The molecule has 3 heterocycles. The molecule has 2 saturated heterocycles. The molecular formula is C27H33N3O4. The first-order chi connectivity index (χ1) is 16.7. The minimum atomic E-state index is -0.195. The third-order valence-corrected chi connectivity index (χ3v) is 7.37. The van der Waals surface area contributed by atoms with Gasteiger partial charge in [0, 0.05) is 23.6 Å². The molecule has 7 nitrogen and oxygen atoms in total. The van der Waals surface area contributed by atoms with Crippen molar-refractivity contribution in [2.75, 3.05) is 38.0 Å². The molecular weight excluding hydrogens is 430 g/mol. The molecule has 1 unspecified atom stereocenters. The zero-order valence-corrected chi connectivity index (χ0v) is 19.5. The Labute approximate surface area is 200 Å². The number of hydrogen-bond acceptors (Lipinski definition) is 7. The van der Waals surface area contributed by atoms with Gasteiger partial charge in [0.15, 0.2) is 5.78 Å². The van der Waals surface area contributed by atoms with Crippen molar-refractivity contribution in [1.82, 2.24) is 10.6 Å². The van der Waals surface area contributed by atoms with Crippen molar-refractivity contribution in [3.63, 3.8) is 0 Å². The molecule has 3 N–H and O–H groups in total. The van der Waals surface area contributed by atoms with Gasteiger partial charge < -0.3 is 30.2 Å². The normalized spacial score (nSPS) is 22.9. The summed E-state index contributed by atoms with van der Waals surface area (Å²) in [5, 5.41) is 10.3. The molecule has 2 fully saturated rings. The Morgan fingerprint density at radius 2 is 1.59 bits per heavy atom. The minimum Gasteiger partial charge on any atom is -0.490 e. The molecule has 0 amide bonds. The Kier molecular flexibility index (Phi) is 6.05. The van der Waals surface area contributed by atoms with Crippen LogP contribution in [0.25, 0.3) is 0 Å². The van der Waals surface area contributed by atoms with Crippen molar-refractivity contribution in [1.29, 1.82) is 0 Å². The number of carbonyl (C=O) groups excluding carboxylic acids is 1. The molecule has 4 aliphatic rings. The lowest BCUT2D eigenvalue weighted by Gasteiger charge is -2.31. The van der Waals surface area contributed by atoms with Gasteiger partial charge >= 0.3 is 0 Å². The van der Waals surface area contributed by atoms with E-state index in [1.54, 1.807) is 0 Å². The maximum absolute atomic E-state index is 12.4. The quantitative estimate of drug-likeness (QED) is 0.625. The average molecular weight is 464 g/mol. The van der Waals surface area contributed by atoms with E-state index in [0.29, 0.717) is 13.0 Å². The number of aryl methyl sites for hydroxylation is 1. The van der Waals surface area contributed by atoms with Crippen molar-refractivity contribution in [2.45, 2.75) is 56.8 Å². The second-order valence-corrected chi connectivity index (χ2v) is 9.75. The molecule has 0 bridgehead atoms. The largest absolute Gasteiger partial charge is 0.490 e. The first-order valence-electron chi connectivity index (χ1n) is 12.7. The van der Waals surface area contributed by atoms with Crippen LogP contribution < -0.4 is 30.2 Å². The van der Waals surface area contributed by atoms with Gasteiger partial charge in [0.2, 0.25) is 0 Å². The fraction of sp³-hybridized carbons (Fsp3) is 0.519. The van der Waals surface area contributed by atoms with E-state index in [4.69, 9.17) is 14.2 Å². The number of ketones is 1. The van der Waals surface area contributed by atoms with Gasteiger partial charge in [-0.25, -0.2) is 0 Å². The lowest BCUT2D eigenvalue weighted by Crippen LogP contribution is -2.34. The highest BCUT2D eigenvalue weighted by atomic mass is 16.5. The molecule has 0 spiro atoms. The fourth-order valence-corrected chi connectivity index (χ4v) is 5.44. The van der Waals surface area contributed by atoms with Gasteiger partial charge in [-0.3, -0.25) is 4.79 Å². The van der Waals surface area contributed by atoms with Crippen LogP contribution in [0, 0.1) is 0 Å². The topological polar surface area (TPSA) is 80.9 Å². The number of piperidine rings is 2. The molecule has 1 aliphatic carbocycles. The maximum atomic E-state index is 12.4. The van der Waals surface area contributed by atoms with Gasteiger partial charge in [-0.05, 0) is 88.1 Å². The Bertz CT molecular complexity index is 1060. The number of benzene rings is 2. The Morgan fingerprint density at radius 3 is 2.35 bits per heavy atom. The monoisotopic (exact) mass is 463 g/mol. The van der Waals surface area contributed by atoms with Crippen molar-refractivity contribution in [2.24, 2.45) is 0 Å². The summed E-state index contributed by atoms with van der Waals surface area (Å²) in [6.07, 6.45) is 5.54. The van der Waals surface area contributed by atoms with E-state index in [1.165, 1.54) is 0 Å². The predicted molar refractivity (Wildman–Crippen MR) is 130 cm³/mol. The van der Waals surface area contributed by atoms with Crippen LogP contribution in [0.15, 0.2) is 30.3 Å². The van der Waals surface area contributed by atoms with Crippen LogP contribution in [0.4, 0.5) is 5.69 Å². The first kappa shape index (κ1) is 21.7. The molecule has 3 aliphatic heterocycles. The van der Waals surface area contributed by atoms with Crippen molar-refractivity contribution < 1.29 is 19.0 Å². The lowest BCUT2D eigenvalue weighted by atomic mass is 9.99. The van der Waals surface area contributed by atoms with Gasteiger partial charge in [0.25, 0.3) is 0 Å². The van der Waals surface area contributed by atoms with Gasteiger partial charge in [0.05, 0.1) is 12.2 Å². The molecule has 2 aromatic rings. The smallest absolute Gasteiger partial charge is 0.163 e. The third-order valence-electron chi connectivity index (χ3n) is 7.37. The summed E-state index contributed by atoms with van der Waals surface area (Å²) in [5.74, 6) is 2.65. The molecule has 7 heteroatoms. The second-order valence-electron chi connectivity index (χ2n) is 9.75. The van der Waals surface area contributed by atoms with Gasteiger partial charge in [-0.15, -0.1) is 0 Å². The summed E-state index contributed by atoms with van der Waals surface area (Å²) in [6.45, 7) is 4.56. The summed E-state index contributed by atoms with van der Waals surface area (Å²) in [7, 11) is 0. The summed E-state index contributed by atoms with van der Waals surface area (Å²) >= 11 is 0. The highest BCUT2D eigenvalue weighted by Gasteiger charge is 2.30. The molecule has 0 saturated carbocycles. The third kappa shape index (κ3) is 4.46. The summed E-state index contributed by atoms with van der Waals surface area (Å²) in [6, 6.07) is 10.2. The molecule has 6 rings (SSSR count). The van der Waals surface area contributed by atoms with Crippen molar-refractivity contribution >= 4 is 11.5 Å². The van der Waals surface area contributed by atoms with E-state index in [9.17, 15) is 4.79 Å². The number of anilines is 1. The Hall–Kier alpha value is -2.77. The fourth-order valence-electron chi connectivity index (χ4n) is 5.44. The number of carbonyl (C=O) groups is 1. The number of hydrogen-bond donors (Lipinski definition) is 3. The van der Waals surface area contributed by atoms with Crippen molar-refractivity contribution in [3.05, 3.63) is 47.0 Å². The summed E-state index contributed by atoms with van der Waals surface area (Å²) in [5.41, 5.74) is 3.92. The molecule has 0 radical (unpaired) electrons. The number of fused-ring (bicyclic) bond motifs is 2. The zero-order valence-electron chi connectivity index (χ0n) is 19.5. The SMILES string of the molecule is O=C1CCc2cc(C3CNc4ccc(OC5CCNCC5)cc4O3)c(OC3CCNCC3)cc21. The van der Waals surface area contributed by atoms with Crippen LogP contribution in [0.2, 0.25) is 0 Å². The number of nitrogens with one attached hydrogen (secondary N) is 3. The molecule has 0 aromatic heterocycles. The average Bonchev–Trinajstić information content (AvgIpc) is 3.24. The van der Waals surface area contributed by atoms with E-state index in [1.807, 2.05) is 24.3 Å². The van der Waals surface area contributed by atoms with Crippen LogP contribution in [0.5, 0.6) is 17.2 Å². The second kappa shape index (κ2) is 9.47.